The van der Waals surface area contributed by atoms with E-state index in [1.807, 2.05) is 17.3 Å². The number of amides is 2. The van der Waals surface area contributed by atoms with Crippen LogP contribution in [0.25, 0.3) is 22.1 Å². The van der Waals surface area contributed by atoms with Gasteiger partial charge in [0.05, 0.1) is 18.8 Å². The van der Waals surface area contributed by atoms with Crippen molar-refractivity contribution in [3.8, 4) is 6.01 Å². The first-order valence-corrected chi connectivity index (χ1v) is 11.1. The minimum Gasteiger partial charge on any atom is -0.466 e. The molecule has 5 heterocycles. The Morgan fingerprint density at radius 1 is 1.29 bits per heavy atom. The summed E-state index contributed by atoms with van der Waals surface area (Å²) >= 11 is 1.12. The number of nitrogens with one attached hydrogen (secondary N) is 2. The van der Waals surface area contributed by atoms with Crippen LogP contribution < -0.4 is 10.1 Å². The van der Waals surface area contributed by atoms with Crippen molar-refractivity contribution >= 4 is 44.8 Å². The van der Waals surface area contributed by atoms with E-state index in [1.165, 1.54) is 7.11 Å². The molecule has 1 aliphatic heterocycles. The van der Waals surface area contributed by atoms with Gasteiger partial charge in [0.2, 0.25) is 5.13 Å². The zero-order valence-corrected chi connectivity index (χ0v) is 18.0. The number of imidazole rings is 1. The molecule has 2 fully saturated rings. The molecule has 160 valence electrons. The van der Waals surface area contributed by atoms with Gasteiger partial charge >= 0.3 is 12.0 Å². The molecule has 0 spiro atoms. The predicted octanol–water partition coefficient (Wildman–Crippen LogP) is 3.20. The maximum absolute atomic E-state index is 12.7. The fourth-order valence-electron chi connectivity index (χ4n) is 5.31. The number of hydrogen-bond donors (Lipinski definition) is 2. The number of ether oxygens (including phenoxy) is 1. The molecule has 10 nitrogen and oxygen atoms in total. The molecule has 1 aliphatic carbocycles. The molecular formula is C20H22N8O2S. The minimum atomic E-state index is -0.117. The van der Waals surface area contributed by atoms with Gasteiger partial charge in [-0.2, -0.15) is 4.98 Å². The quantitative estimate of drug-likeness (QED) is 0.508. The normalized spacial score (nSPS) is 23.0. The maximum Gasteiger partial charge on any atom is 0.329 e. The third kappa shape index (κ3) is 2.94. The lowest BCUT2D eigenvalue weighted by Gasteiger charge is -2.21. The number of hydrogen-bond acceptors (Lipinski definition) is 7. The molecule has 31 heavy (non-hydrogen) atoms. The monoisotopic (exact) mass is 438 g/mol. The average Bonchev–Trinajstić information content (AvgIpc) is 3.53. The number of anilines is 1. The predicted molar refractivity (Wildman–Crippen MR) is 116 cm³/mol. The van der Waals surface area contributed by atoms with E-state index >= 15 is 0 Å². The van der Waals surface area contributed by atoms with Crippen LogP contribution >= 0.6 is 11.5 Å². The van der Waals surface area contributed by atoms with Crippen molar-refractivity contribution < 1.29 is 9.53 Å². The van der Waals surface area contributed by atoms with Gasteiger partial charge in [0.1, 0.15) is 17.0 Å². The zero-order chi connectivity index (χ0) is 21.1. The molecule has 6 rings (SSSR count). The summed E-state index contributed by atoms with van der Waals surface area (Å²) in [4.78, 5) is 31.2. The molecule has 1 saturated carbocycles. The highest BCUT2D eigenvalue weighted by atomic mass is 32.1. The molecule has 4 aromatic rings. The standard InChI is InChI=1S/C20H22N8O2S/c1-10-23-15-7-22-17-14(3-4-21-17)16(15)28(10)13-5-11-8-27(9-12(11)6-13)20(29)25-19-24-18(30-2)26-31-19/h3-4,7,11-13H,5-6,8-9H2,1-2H3,(H,21,22)(H,24,25,26,29)/t11-,12+,13+. The summed E-state index contributed by atoms with van der Waals surface area (Å²) in [5, 5.41) is 4.42. The second-order valence-corrected chi connectivity index (χ2v) is 9.08. The molecule has 2 aliphatic rings. The maximum atomic E-state index is 12.7. The Kier molecular flexibility index (Phi) is 4.13. The van der Waals surface area contributed by atoms with E-state index < -0.39 is 0 Å². The van der Waals surface area contributed by atoms with Crippen LogP contribution in [0.3, 0.4) is 0 Å². The molecule has 0 aromatic carbocycles. The molecular weight excluding hydrogens is 416 g/mol. The van der Waals surface area contributed by atoms with Crippen LogP contribution in [0, 0.1) is 18.8 Å². The molecule has 3 atom stereocenters. The summed E-state index contributed by atoms with van der Waals surface area (Å²) in [6.07, 6.45) is 5.86. The SMILES string of the molecule is COc1nsc(NC(=O)N2C[C@H]3C[C@H](n4c(C)nc5cnc6[nH]ccc6c54)C[C@H]3C2)n1. The summed E-state index contributed by atoms with van der Waals surface area (Å²) in [5.74, 6) is 2.00. The Morgan fingerprint density at radius 2 is 2.10 bits per heavy atom. The van der Waals surface area contributed by atoms with Gasteiger partial charge in [0.15, 0.2) is 0 Å². The number of pyridine rings is 1. The average molecular weight is 439 g/mol. The molecule has 0 radical (unpaired) electrons. The summed E-state index contributed by atoms with van der Waals surface area (Å²) in [7, 11) is 1.51. The molecule has 4 aromatic heterocycles. The first-order valence-electron chi connectivity index (χ1n) is 10.3. The number of nitrogens with zero attached hydrogens (tertiary/aromatic N) is 6. The first-order chi connectivity index (χ1) is 15.1. The van der Waals surface area contributed by atoms with Crippen LogP contribution in [-0.2, 0) is 0 Å². The molecule has 1 saturated heterocycles. The van der Waals surface area contributed by atoms with E-state index in [1.54, 1.807) is 0 Å². The Morgan fingerprint density at radius 3 is 2.84 bits per heavy atom. The van der Waals surface area contributed by atoms with E-state index in [0.29, 0.717) is 23.0 Å². The van der Waals surface area contributed by atoms with Crippen molar-refractivity contribution in [2.45, 2.75) is 25.8 Å². The highest BCUT2D eigenvalue weighted by Crippen LogP contribution is 2.46. The summed E-state index contributed by atoms with van der Waals surface area (Å²) in [6, 6.07) is 2.62. The lowest BCUT2D eigenvalue weighted by atomic mass is 10.0. The number of H-pyrrole nitrogens is 1. The Hall–Kier alpha value is -3.21. The number of carbonyl (C=O) groups excluding carboxylic acids is 1. The third-order valence-corrected chi connectivity index (χ3v) is 7.21. The highest BCUT2D eigenvalue weighted by Gasteiger charge is 2.43. The van der Waals surface area contributed by atoms with Crippen LogP contribution in [0.5, 0.6) is 6.01 Å². The molecule has 11 heteroatoms. The number of aromatic nitrogens is 6. The molecule has 2 N–H and O–H groups in total. The summed E-state index contributed by atoms with van der Waals surface area (Å²) < 4.78 is 11.4. The fraction of sp³-hybridized carbons (Fsp3) is 0.450. The summed E-state index contributed by atoms with van der Waals surface area (Å²) in [6.45, 7) is 3.59. The van der Waals surface area contributed by atoms with Crippen molar-refractivity contribution in [1.82, 2.24) is 33.8 Å². The number of fused-ring (bicyclic) bond motifs is 4. The first kappa shape index (κ1) is 18.6. The van der Waals surface area contributed by atoms with Gasteiger partial charge in [0.25, 0.3) is 0 Å². The number of aryl methyl sites for hydroxylation is 1. The highest BCUT2D eigenvalue weighted by molar-refractivity contribution is 7.10. The van der Waals surface area contributed by atoms with Crippen molar-refractivity contribution in [3.63, 3.8) is 0 Å². The van der Waals surface area contributed by atoms with Crippen LogP contribution in [0.4, 0.5) is 9.93 Å². The minimum absolute atomic E-state index is 0.117. The number of urea groups is 1. The number of aromatic amines is 1. The zero-order valence-electron chi connectivity index (χ0n) is 17.2. The Labute approximate surface area is 181 Å². The molecule has 0 unspecified atom stereocenters. The van der Waals surface area contributed by atoms with Crippen LogP contribution in [0.2, 0.25) is 0 Å². The van der Waals surface area contributed by atoms with Gasteiger partial charge in [-0.3, -0.25) is 5.32 Å². The molecule has 2 amide bonds. The van der Waals surface area contributed by atoms with Gasteiger partial charge in [-0.25, -0.2) is 14.8 Å². The Balaban J connectivity index is 1.20. The summed E-state index contributed by atoms with van der Waals surface area (Å²) in [5.41, 5.74) is 2.99. The fourth-order valence-corrected chi connectivity index (χ4v) is 5.85. The number of methoxy groups -OCH3 is 1. The van der Waals surface area contributed by atoms with Crippen LogP contribution in [0.1, 0.15) is 24.7 Å². The number of likely N-dealkylation sites (tertiary alicyclic amines) is 1. The largest absolute Gasteiger partial charge is 0.466 e. The Bertz CT molecular complexity index is 1280. The third-order valence-electron chi connectivity index (χ3n) is 6.59. The van der Waals surface area contributed by atoms with Crippen molar-refractivity contribution in [3.05, 3.63) is 24.3 Å². The van der Waals surface area contributed by atoms with E-state index in [-0.39, 0.29) is 12.0 Å². The second kappa shape index (κ2) is 6.91. The van der Waals surface area contributed by atoms with E-state index in [0.717, 1.165) is 65.4 Å². The number of rotatable bonds is 3. The topological polar surface area (TPSA) is 114 Å². The number of carbonyl (C=O) groups is 1. The lowest BCUT2D eigenvalue weighted by Crippen LogP contribution is -2.34. The van der Waals surface area contributed by atoms with E-state index in [4.69, 9.17) is 9.72 Å². The lowest BCUT2D eigenvalue weighted by molar-refractivity contribution is 0.217. The van der Waals surface area contributed by atoms with E-state index in [9.17, 15) is 4.79 Å². The van der Waals surface area contributed by atoms with E-state index in [2.05, 4.69) is 42.2 Å². The van der Waals surface area contributed by atoms with Gasteiger partial charge < -0.3 is 19.2 Å². The van der Waals surface area contributed by atoms with Crippen molar-refractivity contribution in [2.75, 3.05) is 25.5 Å². The van der Waals surface area contributed by atoms with Crippen LogP contribution in [0.15, 0.2) is 18.5 Å². The van der Waals surface area contributed by atoms with Crippen molar-refractivity contribution in [1.29, 1.82) is 0 Å². The van der Waals surface area contributed by atoms with Gasteiger partial charge in [0, 0.05) is 42.2 Å². The molecule has 0 bridgehead atoms. The van der Waals surface area contributed by atoms with Crippen LogP contribution in [-0.4, -0.2) is 60.0 Å². The van der Waals surface area contributed by atoms with Gasteiger partial charge in [-0.1, -0.05) is 0 Å². The second-order valence-electron chi connectivity index (χ2n) is 8.33. The smallest absolute Gasteiger partial charge is 0.329 e. The van der Waals surface area contributed by atoms with Crippen molar-refractivity contribution in [2.24, 2.45) is 11.8 Å². The van der Waals surface area contributed by atoms with Gasteiger partial charge in [-0.05, 0) is 37.7 Å². The van der Waals surface area contributed by atoms with Gasteiger partial charge in [-0.15, -0.1) is 4.37 Å².